The predicted molar refractivity (Wildman–Crippen MR) is 100 cm³/mol. The molecule has 26 heavy (non-hydrogen) atoms. The van der Waals surface area contributed by atoms with Gasteiger partial charge in [-0.3, -0.25) is 9.59 Å². The Hall–Kier alpha value is -2.40. The van der Waals surface area contributed by atoms with Gasteiger partial charge in [0.2, 0.25) is 0 Å². The van der Waals surface area contributed by atoms with E-state index in [1.54, 1.807) is 0 Å². The largest absolute Gasteiger partial charge is 0.461 e. The standard InChI is InChI=1S/C21H28O5/c1-17(12-13-24-14-20-9-5-4-6-10-20)8-7-11-21(15-25-18(2)22)16-26-19(3)23/h4-6,9-12H,7-8,13-16H2,1-3H3/b17-12+. The molecule has 1 aromatic rings. The Bertz CT molecular complexity index is 597. The van der Waals surface area contributed by atoms with E-state index in [0.29, 0.717) is 13.2 Å². The van der Waals surface area contributed by atoms with Crippen molar-refractivity contribution in [1.29, 1.82) is 0 Å². The molecule has 0 aliphatic rings. The maximum absolute atomic E-state index is 10.9. The van der Waals surface area contributed by atoms with Crippen molar-refractivity contribution in [2.75, 3.05) is 19.8 Å². The summed E-state index contributed by atoms with van der Waals surface area (Å²) in [5.41, 5.74) is 3.15. The second-order valence-corrected chi connectivity index (χ2v) is 6.01. The van der Waals surface area contributed by atoms with Crippen molar-refractivity contribution in [1.82, 2.24) is 0 Å². The van der Waals surface area contributed by atoms with Crippen LogP contribution < -0.4 is 0 Å². The highest BCUT2D eigenvalue weighted by Crippen LogP contribution is 2.09. The van der Waals surface area contributed by atoms with Crippen LogP contribution in [0.5, 0.6) is 0 Å². The summed E-state index contributed by atoms with van der Waals surface area (Å²) < 4.78 is 15.6. The zero-order valence-electron chi connectivity index (χ0n) is 15.8. The van der Waals surface area contributed by atoms with Crippen LogP contribution in [0.15, 0.2) is 53.6 Å². The number of rotatable bonds is 11. The SMILES string of the molecule is CC(=O)OCC(=CCC/C(C)=C/COCc1ccccc1)COC(C)=O. The Balaban J connectivity index is 2.35. The fourth-order valence-corrected chi connectivity index (χ4v) is 2.11. The summed E-state index contributed by atoms with van der Waals surface area (Å²) in [5, 5.41) is 0. The molecule has 0 aliphatic carbocycles. The van der Waals surface area contributed by atoms with E-state index in [9.17, 15) is 9.59 Å². The average molecular weight is 360 g/mol. The topological polar surface area (TPSA) is 61.8 Å². The Morgan fingerprint density at radius 1 is 0.923 bits per heavy atom. The molecule has 0 unspecified atom stereocenters. The van der Waals surface area contributed by atoms with Crippen molar-refractivity contribution in [2.24, 2.45) is 0 Å². The fraction of sp³-hybridized carbons (Fsp3) is 0.429. The van der Waals surface area contributed by atoms with Crippen LogP contribution >= 0.6 is 0 Å². The van der Waals surface area contributed by atoms with E-state index in [1.165, 1.54) is 19.4 Å². The van der Waals surface area contributed by atoms with E-state index in [1.807, 2.05) is 36.4 Å². The third-order valence-corrected chi connectivity index (χ3v) is 3.55. The number of allylic oxidation sites excluding steroid dienone is 2. The van der Waals surface area contributed by atoms with Crippen LogP contribution in [0.2, 0.25) is 0 Å². The van der Waals surface area contributed by atoms with Gasteiger partial charge in [0.15, 0.2) is 0 Å². The highest BCUT2D eigenvalue weighted by atomic mass is 16.5. The molecule has 0 aliphatic heterocycles. The first-order chi connectivity index (χ1) is 12.5. The zero-order valence-corrected chi connectivity index (χ0v) is 15.8. The Labute approximate surface area is 155 Å². The number of benzene rings is 1. The number of carbonyl (C=O) groups excluding carboxylic acids is 2. The minimum absolute atomic E-state index is 0.144. The maximum Gasteiger partial charge on any atom is 0.302 e. The molecule has 0 saturated heterocycles. The third kappa shape index (κ3) is 11.2. The molecule has 0 fully saturated rings. The van der Waals surface area contributed by atoms with E-state index >= 15 is 0 Å². The lowest BCUT2D eigenvalue weighted by atomic mass is 10.1. The molecular weight excluding hydrogens is 332 g/mol. The lowest BCUT2D eigenvalue weighted by Gasteiger charge is -2.08. The molecule has 0 spiro atoms. The summed E-state index contributed by atoms with van der Waals surface area (Å²) in [7, 11) is 0. The minimum atomic E-state index is -0.356. The van der Waals surface area contributed by atoms with Crippen LogP contribution in [0.25, 0.3) is 0 Å². The molecule has 0 atom stereocenters. The molecule has 0 amide bonds. The second-order valence-electron chi connectivity index (χ2n) is 6.01. The zero-order chi connectivity index (χ0) is 19.2. The molecule has 0 N–H and O–H groups in total. The van der Waals surface area contributed by atoms with Crippen LogP contribution in [0.4, 0.5) is 0 Å². The van der Waals surface area contributed by atoms with Crippen molar-refractivity contribution < 1.29 is 23.8 Å². The van der Waals surface area contributed by atoms with Gasteiger partial charge >= 0.3 is 11.9 Å². The monoisotopic (exact) mass is 360 g/mol. The van der Waals surface area contributed by atoms with Crippen molar-refractivity contribution in [3.63, 3.8) is 0 Å². The van der Waals surface area contributed by atoms with Gasteiger partial charge in [-0.15, -0.1) is 0 Å². The van der Waals surface area contributed by atoms with Gasteiger partial charge in [-0.2, -0.15) is 0 Å². The summed E-state index contributed by atoms with van der Waals surface area (Å²) in [4.78, 5) is 21.9. The first-order valence-corrected chi connectivity index (χ1v) is 8.69. The number of hydrogen-bond donors (Lipinski definition) is 0. The summed E-state index contributed by atoms with van der Waals surface area (Å²) >= 11 is 0. The average Bonchev–Trinajstić information content (AvgIpc) is 2.61. The van der Waals surface area contributed by atoms with Crippen molar-refractivity contribution in [2.45, 2.75) is 40.2 Å². The predicted octanol–water partition coefficient (Wildman–Crippen LogP) is 3.98. The first kappa shape index (κ1) is 21.6. The van der Waals surface area contributed by atoms with Crippen LogP contribution in [-0.2, 0) is 30.4 Å². The lowest BCUT2D eigenvalue weighted by Crippen LogP contribution is -2.10. The quantitative estimate of drug-likeness (QED) is 0.339. The third-order valence-electron chi connectivity index (χ3n) is 3.55. The lowest BCUT2D eigenvalue weighted by molar-refractivity contribution is -0.141. The highest BCUT2D eigenvalue weighted by Gasteiger charge is 2.03. The summed E-state index contributed by atoms with van der Waals surface area (Å²) in [6.45, 7) is 6.21. The number of esters is 2. The maximum atomic E-state index is 10.9. The smallest absolute Gasteiger partial charge is 0.302 e. The summed E-state index contributed by atoms with van der Waals surface area (Å²) in [5.74, 6) is -0.712. The molecule has 0 saturated carbocycles. The highest BCUT2D eigenvalue weighted by molar-refractivity contribution is 5.66. The molecule has 0 radical (unpaired) electrons. The Morgan fingerprint density at radius 2 is 1.54 bits per heavy atom. The molecule has 0 heterocycles. The van der Waals surface area contributed by atoms with E-state index in [0.717, 1.165) is 24.0 Å². The van der Waals surface area contributed by atoms with Gasteiger partial charge in [-0.25, -0.2) is 0 Å². The molecule has 142 valence electrons. The minimum Gasteiger partial charge on any atom is -0.461 e. The molecule has 5 heteroatoms. The van der Waals surface area contributed by atoms with E-state index < -0.39 is 0 Å². The molecule has 0 aromatic heterocycles. The normalized spacial score (nSPS) is 11.0. The van der Waals surface area contributed by atoms with Gasteiger partial charge in [-0.05, 0) is 25.3 Å². The van der Waals surface area contributed by atoms with Crippen molar-refractivity contribution in [3.8, 4) is 0 Å². The Morgan fingerprint density at radius 3 is 2.12 bits per heavy atom. The van der Waals surface area contributed by atoms with Gasteiger partial charge < -0.3 is 14.2 Å². The van der Waals surface area contributed by atoms with Crippen LogP contribution in [0.3, 0.4) is 0 Å². The van der Waals surface area contributed by atoms with Crippen LogP contribution in [-0.4, -0.2) is 31.8 Å². The molecule has 5 nitrogen and oxygen atoms in total. The van der Waals surface area contributed by atoms with Crippen LogP contribution in [0.1, 0.15) is 39.2 Å². The number of carbonyl (C=O) groups is 2. The van der Waals surface area contributed by atoms with Crippen molar-refractivity contribution >= 4 is 11.9 Å². The number of ether oxygens (including phenoxy) is 3. The van der Waals surface area contributed by atoms with Gasteiger partial charge in [0.1, 0.15) is 13.2 Å². The van der Waals surface area contributed by atoms with Gasteiger partial charge in [0.25, 0.3) is 0 Å². The molecule has 1 rings (SSSR count). The first-order valence-electron chi connectivity index (χ1n) is 8.69. The second kappa shape index (κ2) is 12.9. The van der Waals surface area contributed by atoms with Crippen molar-refractivity contribution in [3.05, 3.63) is 59.2 Å². The van der Waals surface area contributed by atoms with Gasteiger partial charge in [0, 0.05) is 19.4 Å². The fourth-order valence-electron chi connectivity index (χ4n) is 2.11. The van der Waals surface area contributed by atoms with E-state index in [-0.39, 0.29) is 25.2 Å². The van der Waals surface area contributed by atoms with Gasteiger partial charge in [0.05, 0.1) is 13.2 Å². The van der Waals surface area contributed by atoms with Gasteiger partial charge in [-0.1, -0.05) is 48.1 Å². The summed E-state index contributed by atoms with van der Waals surface area (Å²) in [6.07, 6.45) is 5.65. The molecule has 0 bridgehead atoms. The Kier molecular flexibility index (Phi) is 10.7. The molecule has 1 aromatic carbocycles. The number of hydrogen-bond acceptors (Lipinski definition) is 5. The van der Waals surface area contributed by atoms with E-state index in [4.69, 9.17) is 14.2 Å². The molecular formula is C21H28O5. The van der Waals surface area contributed by atoms with Crippen LogP contribution in [0, 0.1) is 0 Å². The van der Waals surface area contributed by atoms with E-state index in [2.05, 4.69) is 13.0 Å². The summed E-state index contributed by atoms with van der Waals surface area (Å²) in [6, 6.07) is 10.0.